The van der Waals surface area contributed by atoms with Gasteiger partial charge in [-0.05, 0) is 19.4 Å². The predicted molar refractivity (Wildman–Crippen MR) is 59.0 cm³/mol. The lowest BCUT2D eigenvalue weighted by Crippen LogP contribution is -2.12. The van der Waals surface area contributed by atoms with Crippen LogP contribution in [0.2, 0.25) is 5.02 Å². The van der Waals surface area contributed by atoms with Crippen LogP contribution in [0.4, 0.5) is 19.0 Å². The molecule has 1 aromatic heterocycles. The fraction of sp³-hybridized carbons (Fsp3) is 0.500. The molecule has 7 heteroatoms. The molecule has 1 rings (SSSR count). The van der Waals surface area contributed by atoms with Crippen molar-refractivity contribution in [2.75, 3.05) is 11.9 Å². The monoisotopic (exact) mass is 268 g/mol. The van der Waals surface area contributed by atoms with Crippen LogP contribution in [0.1, 0.15) is 18.9 Å². The van der Waals surface area contributed by atoms with Crippen LogP contribution in [-0.2, 0) is 6.18 Å². The van der Waals surface area contributed by atoms with Gasteiger partial charge in [-0.25, -0.2) is 4.98 Å². The zero-order valence-electron chi connectivity index (χ0n) is 9.05. The van der Waals surface area contributed by atoms with E-state index in [0.717, 1.165) is 12.3 Å². The molecule has 0 radical (unpaired) electrons. The van der Waals surface area contributed by atoms with Gasteiger partial charge in [0.15, 0.2) is 0 Å². The number of nitrogens with zero attached hydrogens (tertiary/aromatic N) is 1. The first-order chi connectivity index (χ1) is 7.80. The quantitative estimate of drug-likeness (QED) is 0.882. The number of anilines is 1. The molecular formula is C10H12ClF3N2O. The van der Waals surface area contributed by atoms with E-state index in [9.17, 15) is 13.2 Å². The van der Waals surface area contributed by atoms with Gasteiger partial charge in [-0.3, -0.25) is 0 Å². The highest BCUT2D eigenvalue weighted by Crippen LogP contribution is 2.32. The third-order valence-electron chi connectivity index (χ3n) is 2.02. The minimum atomic E-state index is -4.45. The van der Waals surface area contributed by atoms with Crippen molar-refractivity contribution in [1.29, 1.82) is 0 Å². The molecular weight excluding hydrogens is 257 g/mol. The van der Waals surface area contributed by atoms with Crippen LogP contribution >= 0.6 is 11.6 Å². The number of aliphatic hydroxyl groups excluding tert-OH is 1. The fourth-order valence-electron chi connectivity index (χ4n) is 1.12. The van der Waals surface area contributed by atoms with E-state index in [-0.39, 0.29) is 10.8 Å². The third kappa shape index (κ3) is 4.40. The number of halogens is 4. The van der Waals surface area contributed by atoms with Crippen LogP contribution in [-0.4, -0.2) is 22.7 Å². The fourth-order valence-corrected chi connectivity index (χ4v) is 1.36. The number of nitrogens with one attached hydrogen (secondary N) is 1. The van der Waals surface area contributed by atoms with Crippen molar-refractivity contribution in [2.45, 2.75) is 25.6 Å². The predicted octanol–water partition coefficient (Wildman–Crippen LogP) is 2.94. The van der Waals surface area contributed by atoms with Crippen LogP contribution in [0.5, 0.6) is 0 Å². The first kappa shape index (κ1) is 14.1. The van der Waals surface area contributed by atoms with Gasteiger partial charge < -0.3 is 10.4 Å². The van der Waals surface area contributed by atoms with Gasteiger partial charge in [-0.1, -0.05) is 11.6 Å². The smallest absolute Gasteiger partial charge is 0.393 e. The van der Waals surface area contributed by atoms with Crippen molar-refractivity contribution >= 4 is 17.4 Å². The Morgan fingerprint density at radius 2 is 2.18 bits per heavy atom. The Hall–Kier alpha value is -1.01. The lowest BCUT2D eigenvalue weighted by Gasteiger charge is -2.11. The van der Waals surface area contributed by atoms with E-state index in [0.29, 0.717) is 13.0 Å². The maximum absolute atomic E-state index is 12.3. The number of aromatic nitrogens is 1. The molecule has 1 aromatic rings. The van der Waals surface area contributed by atoms with E-state index in [1.165, 1.54) is 0 Å². The Morgan fingerprint density at radius 1 is 1.53 bits per heavy atom. The summed E-state index contributed by atoms with van der Waals surface area (Å²) in [5, 5.41) is 11.7. The summed E-state index contributed by atoms with van der Waals surface area (Å²) in [4.78, 5) is 3.60. The van der Waals surface area contributed by atoms with Crippen LogP contribution < -0.4 is 5.32 Å². The number of alkyl halides is 3. The maximum Gasteiger partial charge on any atom is 0.417 e. The van der Waals surface area contributed by atoms with Crippen molar-refractivity contribution in [3.63, 3.8) is 0 Å². The second kappa shape index (κ2) is 5.55. The number of aliphatic hydroxyl groups is 1. The Bertz CT molecular complexity index is 382. The molecule has 1 atom stereocenters. The molecule has 0 aliphatic heterocycles. The highest BCUT2D eigenvalue weighted by atomic mass is 35.5. The minimum Gasteiger partial charge on any atom is -0.393 e. The Balaban J connectivity index is 2.70. The molecule has 1 unspecified atom stereocenters. The van der Waals surface area contributed by atoms with Crippen LogP contribution in [0.15, 0.2) is 12.3 Å². The summed E-state index contributed by atoms with van der Waals surface area (Å²) in [7, 11) is 0. The third-order valence-corrected chi connectivity index (χ3v) is 2.31. The van der Waals surface area contributed by atoms with Gasteiger partial charge >= 0.3 is 6.18 Å². The summed E-state index contributed by atoms with van der Waals surface area (Å²) in [6, 6.07) is 0.819. The lowest BCUT2D eigenvalue weighted by atomic mass is 10.2. The zero-order chi connectivity index (χ0) is 13.1. The van der Waals surface area contributed by atoms with Crippen molar-refractivity contribution in [2.24, 2.45) is 0 Å². The summed E-state index contributed by atoms with van der Waals surface area (Å²) < 4.78 is 36.9. The molecule has 0 amide bonds. The largest absolute Gasteiger partial charge is 0.417 e. The first-order valence-electron chi connectivity index (χ1n) is 4.95. The maximum atomic E-state index is 12.3. The normalized spacial score (nSPS) is 13.5. The molecule has 96 valence electrons. The molecule has 0 aliphatic rings. The standard InChI is InChI=1S/C10H12ClF3N2O/c1-6(17)2-3-15-9-8(11)4-7(5-16-9)10(12,13)14/h4-6,17H,2-3H2,1H3,(H,15,16). The molecule has 0 aliphatic carbocycles. The van der Waals surface area contributed by atoms with Crippen molar-refractivity contribution in [3.05, 3.63) is 22.8 Å². The van der Waals surface area contributed by atoms with E-state index < -0.39 is 17.8 Å². The van der Waals surface area contributed by atoms with Crippen LogP contribution in [0.3, 0.4) is 0 Å². The van der Waals surface area contributed by atoms with Crippen LogP contribution in [0.25, 0.3) is 0 Å². The van der Waals surface area contributed by atoms with Crippen molar-refractivity contribution < 1.29 is 18.3 Å². The summed E-state index contributed by atoms with van der Waals surface area (Å²) in [6.45, 7) is 2.00. The summed E-state index contributed by atoms with van der Waals surface area (Å²) >= 11 is 5.66. The number of pyridine rings is 1. The van der Waals surface area contributed by atoms with Gasteiger partial charge in [-0.15, -0.1) is 0 Å². The molecule has 3 nitrogen and oxygen atoms in total. The second-order valence-corrected chi connectivity index (χ2v) is 4.02. The summed E-state index contributed by atoms with van der Waals surface area (Å²) in [6.07, 6.45) is -3.76. The molecule has 0 spiro atoms. The first-order valence-corrected chi connectivity index (χ1v) is 5.33. The molecule has 17 heavy (non-hydrogen) atoms. The average molecular weight is 269 g/mol. The van der Waals surface area contributed by atoms with Crippen molar-refractivity contribution in [3.8, 4) is 0 Å². The summed E-state index contributed by atoms with van der Waals surface area (Å²) in [5.41, 5.74) is -0.886. The summed E-state index contributed by atoms with van der Waals surface area (Å²) in [5.74, 6) is 0.181. The molecule has 1 heterocycles. The van der Waals surface area contributed by atoms with E-state index in [1.54, 1.807) is 6.92 Å². The van der Waals surface area contributed by atoms with E-state index >= 15 is 0 Å². The topological polar surface area (TPSA) is 45.1 Å². The van der Waals surface area contributed by atoms with Gasteiger partial charge in [0, 0.05) is 12.7 Å². The average Bonchev–Trinajstić information content (AvgIpc) is 2.18. The van der Waals surface area contributed by atoms with Gasteiger partial charge in [0.25, 0.3) is 0 Å². The zero-order valence-corrected chi connectivity index (χ0v) is 9.81. The second-order valence-electron chi connectivity index (χ2n) is 3.62. The van der Waals surface area contributed by atoms with E-state index in [1.807, 2.05) is 0 Å². The van der Waals surface area contributed by atoms with E-state index in [4.69, 9.17) is 16.7 Å². The molecule has 0 aromatic carbocycles. The molecule has 0 saturated carbocycles. The van der Waals surface area contributed by atoms with Gasteiger partial charge in [-0.2, -0.15) is 13.2 Å². The van der Waals surface area contributed by atoms with Crippen molar-refractivity contribution in [1.82, 2.24) is 4.98 Å². The molecule has 2 N–H and O–H groups in total. The molecule has 0 fully saturated rings. The van der Waals surface area contributed by atoms with Crippen LogP contribution in [0, 0.1) is 0 Å². The van der Waals surface area contributed by atoms with Gasteiger partial charge in [0.2, 0.25) is 0 Å². The Morgan fingerprint density at radius 3 is 2.65 bits per heavy atom. The lowest BCUT2D eigenvalue weighted by molar-refractivity contribution is -0.137. The number of rotatable bonds is 4. The Labute approximate surface area is 102 Å². The molecule has 0 saturated heterocycles. The van der Waals surface area contributed by atoms with Gasteiger partial charge in [0.05, 0.1) is 16.7 Å². The highest BCUT2D eigenvalue weighted by molar-refractivity contribution is 6.32. The number of hydrogen-bond acceptors (Lipinski definition) is 3. The Kier molecular flexibility index (Phi) is 4.59. The van der Waals surface area contributed by atoms with Gasteiger partial charge in [0.1, 0.15) is 5.82 Å². The highest BCUT2D eigenvalue weighted by Gasteiger charge is 2.31. The SMILES string of the molecule is CC(O)CCNc1ncc(C(F)(F)F)cc1Cl. The molecule has 0 bridgehead atoms. The number of hydrogen-bond donors (Lipinski definition) is 2. The minimum absolute atomic E-state index is 0.0922. The van der Waals surface area contributed by atoms with E-state index in [2.05, 4.69) is 10.3 Å².